The van der Waals surface area contributed by atoms with Crippen LogP contribution in [0, 0.1) is 17.8 Å². The monoisotopic (exact) mass is 396 g/mol. The molecule has 1 fully saturated rings. The van der Waals surface area contributed by atoms with E-state index in [2.05, 4.69) is 20.8 Å². The van der Waals surface area contributed by atoms with Gasteiger partial charge in [-0.05, 0) is 31.6 Å². The van der Waals surface area contributed by atoms with Crippen molar-refractivity contribution in [2.75, 3.05) is 13.2 Å². The molecule has 0 spiro atoms. The highest BCUT2D eigenvalue weighted by atomic mass is 16.5. The van der Waals surface area contributed by atoms with Crippen LogP contribution >= 0.6 is 0 Å². The predicted molar refractivity (Wildman–Crippen MR) is 114 cm³/mol. The summed E-state index contributed by atoms with van der Waals surface area (Å²) in [4.78, 5) is 25.0. The molecule has 0 aliphatic heterocycles. The largest absolute Gasteiger partial charge is 0.465 e. The van der Waals surface area contributed by atoms with E-state index in [-0.39, 0.29) is 23.8 Å². The first-order valence-corrected chi connectivity index (χ1v) is 11.9. The fourth-order valence-corrected chi connectivity index (χ4v) is 3.97. The Kier molecular flexibility index (Phi) is 14.1. The van der Waals surface area contributed by atoms with Crippen molar-refractivity contribution in [1.82, 2.24) is 0 Å². The molecule has 1 rings (SSSR count). The van der Waals surface area contributed by atoms with Crippen LogP contribution in [0.4, 0.5) is 0 Å². The van der Waals surface area contributed by atoms with Crippen molar-refractivity contribution in [1.29, 1.82) is 0 Å². The SMILES string of the molecule is CCCCCCCCOC(=O)C1CCCCC1C(=O)OCCCCCC(C)C. The van der Waals surface area contributed by atoms with Crippen LogP contribution < -0.4 is 0 Å². The number of hydrogen-bond donors (Lipinski definition) is 0. The first-order valence-electron chi connectivity index (χ1n) is 11.9. The van der Waals surface area contributed by atoms with Crippen LogP contribution in [0.3, 0.4) is 0 Å². The molecule has 0 amide bonds. The minimum Gasteiger partial charge on any atom is -0.465 e. The summed E-state index contributed by atoms with van der Waals surface area (Å²) in [6.07, 6.45) is 15.0. The van der Waals surface area contributed by atoms with Crippen molar-refractivity contribution in [2.45, 2.75) is 111 Å². The summed E-state index contributed by atoms with van der Waals surface area (Å²) < 4.78 is 11.0. The highest BCUT2D eigenvalue weighted by Crippen LogP contribution is 2.32. The van der Waals surface area contributed by atoms with Gasteiger partial charge in [-0.3, -0.25) is 9.59 Å². The Hall–Kier alpha value is -1.06. The van der Waals surface area contributed by atoms with Crippen LogP contribution in [0.25, 0.3) is 0 Å². The van der Waals surface area contributed by atoms with Gasteiger partial charge < -0.3 is 9.47 Å². The molecule has 1 saturated carbocycles. The molecule has 4 heteroatoms. The van der Waals surface area contributed by atoms with E-state index in [4.69, 9.17) is 9.47 Å². The average molecular weight is 397 g/mol. The molecule has 0 saturated heterocycles. The lowest BCUT2D eigenvalue weighted by atomic mass is 9.79. The van der Waals surface area contributed by atoms with Gasteiger partial charge in [0.1, 0.15) is 0 Å². The number of unbranched alkanes of at least 4 members (excludes halogenated alkanes) is 7. The molecule has 0 aromatic heterocycles. The molecule has 2 unspecified atom stereocenters. The minimum atomic E-state index is -0.304. The third-order valence-electron chi connectivity index (χ3n) is 5.78. The van der Waals surface area contributed by atoms with Gasteiger partial charge in [0.15, 0.2) is 0 Å². The Labute approximate surface area is 173 Å². The average Bonchev–Trinajstić information content (AvgIpc) is 2.69. The van der Waals surface area contributed by atoms with E-state index in [1.54, 1.807) is 0 Å². The van der Waals surface area contributed by atoms with Gasteiger partial charge in [0, 0.05) is 0 Å². The molecule has 2 atom stereocenters. The molecule has 4 nitrogen and oxygen atoms in total. The zero-order chi connectivity index (χ0) is 20.6. The second-order valence-electron chi connectivity index (χ2n) is 8.84. The molecule has 0 N–H and O–H groups in total. The summed E-state index contributed by atoms with van der Waals surface area (Å²) in [5, 5.41) is 0. The predicted octanol–water partition coefficient (Wildman–Crippen LogP) is 6.46. The van der Waals surface area contributed by atoms with E-state index >= 15 is 0 Å². The third-order valence-corrected chi connectivity index (χ3v) is 5.78. The van der Waals surface area contributed by atoms with Gasteiger partial charge in [-0.2, -0.15) is 0 Å². The smallest absolute Gasteiger partial charge is 0.309 e. The van der Waals surface area contributed by atoms with E-state index in [1.165, 1.54) is 38.5 Å². The summed E-state index contributed by atoms with van der Waals surface area (Å²) in [6, 6.07) is 0. The fourth-order valence-electron chi connectivity index (χ4n) is 3.97. The van der Waals surface area contributed by atoms with Gasteiger partial charge in [0.2, 0.25) is 0 Å². The van der Waals surface area contributed by atoms with Crippen LogP contribution in [0.1, 0.15) is 111 Å². The first-order chi connectivity index (χ1) is 13.6. The van der Waals surface area contributed by atoms with Gasteiger partial charge in [0.05, 0.1) is 25.0 Å². The van der Waals surface area contributed by atoms with Crippen molar-refractivity contribution >= 4 is 11.9 Å². The van der Waals surface area contributed by atoms with Crippen LogP contribution in [0.2, 0.25) is 0 Å². The van der Waals surface area contributed by atoms with Crippen LogP contribution in [-0.4, -0.2) is 25.2 Å². The van der Waals surface area contributed by atoms with Crippen LogP contribution in [0.5, 0.6) is 0 Å². The lowest BCUT2D eigenvalue weighted by molar-refractivity contribution is -0.163. The van der Waals surface area contributed by atoms with E-state index in [9.17, 15) is 9.59 Å². The van der Waals surface area contributed by atoms with Crippen LogP contribution in [0.15, 0.2) is 0 Å². The molecule has 0 bridgehead atoms. The molecular formula is C24H44O4. The van der Waals surface area contributed by atoms with Crippen LogP contribution in [-0.2, 0) is 19.1 Å². The highest BCUT2D eigenvalue weighted by Gasteiger charge is 2.37. The Morgan fingerprint density at radius 2 is 1.21 bits per heavy atom. The normalized spacial score (nSPS) is 19.6. The van der Waals surface area contributed by atoms with Crippen molar-refractivity contribution in [3.8, 4) is 0 Å². The molecule has 0 radical (unpaired) electrons. The minimum absolute atomic E-state index is 0.188. The van der Waals surface area contributed by atoms with Crippen molar-refractivity contribution in [3.63, 3.8) is 0 Å². The zero-order valence-corrected chi connectivity index (χ0v) is 18.7. The molecule has 0 aromatic rings. The maximum absolute atomic E-state index is 12.5. The van der Waals surface area contributed by atoms with Gasteiger partial charge in [-0.25, -0.2) is 0 Å². The second kappa shape index (κ2) is 15.8. The molecule has 1 aliphatic rings. The highest BCUT2D eigenvalue weighted by molar-refractivity contribution is 5.82. The second-order valence-corrected chi connectivity index (χ2v) is 8.84. The standard InChI is InChI=1S/C24H44O4/c1-4-5-6-7-8-13-18-27-23(25)21-16-11-12-17-22(21)24(26)28-19-14-9-10-15-20(2)3/h20-22H,4-19H2,1-3H3. The Morgan fingerprint density at radius 1 is 0.750 bits per heavy atom. The number of hydrogen-bond acceptors (Lipinski definition) is 4. The topological polar surface area (TPSA) is 52.6 Å². The number of carbonyl (C=O) groups excluding carboxylic acids is 2. The first kappa shape index (κ1) is 25.0. The fraction of sp³-hybridized carbons (Fsp3) is 0.917. The number of esters is 2. The molecule has 0 heterocycles. The van der Waals surface area contributed by atoms with E-state index in [0.29, 0.717) is 13.2 Å². The van der Waals surface area contributed by atoms with Crippen molar-refractivity contribution in [2.24, 2.45) is 17.8 Å². The summed E-state index contributed by atoms with van der Waals surface area (Å²) >= 11 is 0. The van der Waals surface area contributed by atoms with Gasteiger partial charge in [0.25, 0.3) is 0 Å². The number of rotatable bonds is 15. The molecule has 28 heavy (non-hydrogen) atoms. The van der Waals surface area contributed by atoms with E-state index < -0.39 is 0 Å². The van der Waals surface area contributed by atoms with E-state index in [0.717, 1.165) is 57.3 Å². The molecule has 0 aromatic carbocycles. The lowest BCUT2D eigenvalue weighted by Crippen LogP contribution is -2.35. The van der Waals surface area contributed by atoms with Gasteiger partial charge in [-0.15, -0.1) is 0 Å². The summed E-state index contributed by atoms with van der Waals surface area (Å²) in [6.45, 7) is 7.63. The summed E-state index contributed by atoms with van der Waals surface area (Å²) in [5.74, 6) is -0.256. The Balaban J connectivity index is 2.25. The summed E-state index contributed by atoms with van der Waals surface area (Å²) in [7, 11) is 0. The summed E-state index contributed by atoms with van der Waals surface area (Å²) in [5.41, 5.74) is 0. The molecule has 1 aliphatic carbocycles. The lowest BCUT2D eigenvalue weighted by Gasteiger charge is -2.28. The molecule has 164 valence electrons. The zero-order valence-electron chi connectivity index (χ0n) is 18.7. The Morgan fingerprint density at radius 3 is 1.71 bits per heavy atom. The number of ether oxygens (including phenoxy) is 2. The van der Waals surface area contributed by atoms with Gasteiger partial charge >= 0.3 is 11.9 Å². The third kappa shape index (κ3) is 11.1. The van der Waals surface area contributed by atoms with Crippen molar-refractivity contribution in [3.05, 3.63) is 0 Å². The quantitative estimate of drug-likeness (QED) is 0.235. The van der Waals surface area contributed by atoms with Crippen molar-refractivity contribution < 1.29 is 19.1 Å². The Bertz CT molecular complexity index is 419. The number of carbonyl (C=O) groups is 2. The maximum Gasteiger partial charge on any atom is 0.309 e. The molecular weight excluding hydrogens is 352 g/mol. The van der Waals surface area contributed by atoms with E-state index in [1.807, 2.05) is 0 Å². The maximum atomic E-state index is 12.5. The van der Waals surface area contributed by atoms with Gasteiger partial charge in [-0.1, -0.05) is 85.0 Å².